The van der Waals surface area contributed by atoms with Crippen molar-refractivity contribution in [2.45, 2.75) is 50.2 Å². The van der Waals surface area contributed by atoms with E-state index in [1.807, 2.05) is 0 Å². The summed E-state index contributed by atoms with van der Waals surface area (Å²) in [5.41, 5.74) is 0. The van der Waals surface area contributed by atoms with Gasteiger partial charge in [0.2, 0.25) is 0 Å². The molecular weight excluding hydrogens is 204 g/mol. The van der Waals surface area contributed by atoms with E-state index >= 15 is 0 Å². The number of rotatable bonds is 1. The van der Waals surface area contributed by atoms with Gasteiger partial charge in [-0.25, -0.2) is 0 Å². The minimum absolute atomic E-state index is 0.810. The van der Waals surface area contributed by atoms with Crippen LogP contribution < -0.4 is 5.32 Å². The first-order chi connectivity index (χ1) is 7.42. The fraction of sp³-hybridized carbons (Fsp3) is 1.00. The molecule has 3 rings (SSSR count). The molecule has 3 aliphatic rings. The summed E-state index contributed by atoms with van der Waals surface area (Å²) in [6.45, 7) is 2.67. The Labute approximate surface area is 97.2 Å². The van der Waals surface area contributed by atoms with Crippen LogP contribution in [-0.2, 0) is 0 Å². The van der Waals surface area contributed by atoms with Crippen molar-refractivity contribution < 1.29 is 0 Å². The Morgan fingerprint density at radius 2 is 2.00 bits per heavy atom. The van der Waals surface area contributed by atoms with E-state index in [1.54, 1.807) is 0 Å². The number of hydrogen-bond acceptors (Lipinski definition) is 3. The van der Waals surface area contributed by atoms with Crippen molar-refractivity contribution in [3.8, 4) is 0 Å². The predicted molar refractivity (Wildman–Crippen MR) is 66.5 cm³/mol. The molecule has 0 spiro atoms. The third kappa shape index (κ3) is 2.34. The molecule has 3 unspecified atom stereocenters. The highest BCUT2D eigenvalue weighted by Crippen LogP contribution is 2.26. The molecule has 2 bridgehead atoms. The molecule has 0 amide bonds. The number of likely N-dealkylation sites (tertiary alicyclic amines) is 1. The summed E-state index contributed by atoms with van der Waals surface area (Å²) in [6.07, 6.45) is 7.12. The highest BCUT2D eigenvalue weighted by molar-refractivity contribution is 7.99. The zero-order valence-corrected chi connectivity index (χ0v) is 10.3. The maximum absolute atomic E-state index is 3.77. The SMILES string of the molecule is C1CSCC(N2CCC3CCC(C2)N3)C1. The molecule has 3 aliphatic heterocycles. The molecule has 3 fully saturated rings. The van der Waals surface area contributed by atoms with Gasteiger partial charge in [0, 0.05) is 37.0 Å². The highest BCUT2D eigenvalue weighted by atomic mass is 32.2. The van der Waals surface area contributed by atoms with Crippen LogP contribution in [0.4, 0.5) is 0 Å². The van der Waals surface area contributed by atoms with Crippen LogP contribution in [0.15, 0.2) is 0 Å². The molecule has 15 heavy (non-hydrogen) atoms. The zero-order chi connectivity index (χ0) is 10.1. The average Bonchev–Trinajstić information content (AvgIpc) is 2.60. The number of thioether (sulfide) groups is 1. The third-order valence-corrected chi connectivity index (χ3v) is 5.41. The van der Waals surface area contributed by atoms with Crippen LogP contribution in [0.25, 0.3) is 0 Å². The number of nitrogens with zero attached hydrogens (tertiary/aromatic N) is 1. The highest BCUT2D eigenvalue weighted by Gasteiger charge is 2.32. The quantitative estimate of drug-likeness (QED) is 0.733. The van der Waals surface area contributed by atoms with Crippen LogP contribution >= 0.6 is 11.8 Å². The topological polar surface area (TPSA) is 15.3 Å². The number of fused-ring (bicyclic) bond motifs is 2. The van der Waals surface area contributed by atoms with Crippen molar-refractivity contribution >= 4 is 11.8 Å². The molecule has 1 N–H and O–H groups in total. The molecule has 0 aliphatic carbocycles. The molecule has 3 heteroatoms. The van der Waals surface area contributed by atoms with E-state index in [1.165, 1.54) is 56.7 Å². The lowest BCUT2D eigenvalue weighted by Crippen LogP contribution is -2.44. The standard InChI is InChI=1S/C12H22N2S/c1-2-12(9-15-7-1)14-6-5-10-3-4-11(8-14)13-10/h10-13H,1-9H2. The van der Waals surface area contributed by atoms with E-state index in [-0.39, 0.29) is 0 Å². The lowest BCUT2D eigenvalue weighted by atomic mass is 10.1. The summed E-state index contributed by atoms with van der Waals surface area (Å²) in [4.78, 5) is 2.78. The maximum Gasteiger partial charge on any atom is 0.0198 e. The largest absolute Gasteiger partial charge is 0.310 e. The van der Waals surface area contributed by atoms with Crippen molar-refractivity contribution in [1.29, 1.82) is 0 Å². The second-order valence-corrected chi connectivity index (χ2v) is 6.44. The fourth-order valence-electron chi connectivity index (χ4n) is 3.31. The van der Waals surface area contributed by atoms with Gasteiger partial charge in [-0.3, -0.25) is 4.90 Å². The van der Waals surface area contributed by atoms with Gasteiger partial charge in [-0.15, -0.1) is 0 Å². The molecule has 86 valence electrons. The Morgan fingerprint density at radius 3 is 2.87 bits per heavy atom. The third-order valence-electron chi connectivity index (χ3n) is 4.21. The zero-order valence-electron chi connectivity index (χ0n) is 9.45. The lowest BCUT2D eigenvalue weighted by Gasteiger charge is -2.34. The summed E-state index contributed by atoms with van der Waals surface area (Å²) < 4.78 is 0. The summed E-state index contributed by atoms with van der Waals surface area (Å²) in [5, 5.41) is 3.77. The van der Waals surface area contributed by atoms with Gasteiger partial charge in [-0.05, 0) is 37.9 Å². The number of hydrogen-bond donors (Lipinski definition) is 1. The fourth-order valence-corrected chi connectivity index (χ4v) is 4.50. The van der Waals surface area contributed by atoms with Crippen molar-refractivity contribution in [3.05, 3.63) is 0 Å². The van der Waals surface area contributed by atoms with E-state index in [9.17, 15) is 0 Å². The second-order valence-electron chi connectivity index (χ2n) is 5.29. The van der Waals surface area contributed by atoms with Crippen LogP contribution in [0.5, 0.6) is 0 Å². The predicted octanol–water partition coefficient (Wildman–Crippen LogP) is 1.71. The van der Waals surface area contributed by atoms with Crippen molar-refractivity contribution in [3.63, 3.8) is 0 Å². The molecule has 0 aromatic rings. The normalized spacial score (nSPS) is 42.8. The van der Waals surface area contributed by atoms with Gasteiger partial charge in [0.25, 0.3) is 0 Å². The number of nitrogens with one attached hydrogen (secondary N) is 1. The van der Waals surface area contributed by atoms with Gasteiger partial charge in [0.05, 0.1) is 0 Å². The van der Waals surface area contributed by atoms with E-state index in [2.05, 4.69) is 22.0 Å². The van der Waals surface area contributed by atoms with Gasteiger partial charge < -0.3 is 5.32 Å². The summed E-state index contributed by atoms with van der Waals surface area (Å²) in [7, 11) is 0. The molecule has 3 atom stereocenters. The summed E-state index contributed by atoms with van der Waals surface area (Å²) in [6, 6.07) is 2.55. The van der Waals surface area contributed by atoms with Crippen LogP contribution in [-0.4, -0.2) is 47.6 Å². The Morgan fingerprint density at radius 1 is 1.07 bits per heavy atom. The Kier molecular flexibility index (Phi) is 3.23. The molecular formula is C12H22N2S. The maximum atomic E-state index is 3.77. The molecule has 0 aromatic heterocycles. The van der Waals surface area contributed by atoms with Gasteiger partial charge in [0.15, 0.2) is 0 Å². The van der Waals surface area contributed by atoms with Crippen LogP contribution in [0, 0.1) is 0 Å². The molecule has 2 nitrogen and oxygen atoms in total. The Balaban J connectivity index is 1.60. The summed E-state index contributed by atoms with van der Waals surface area (Å²) >= 11 is 2.16. The van der Waals surface area contributed by atoms with Gasteiger partial charge in [-0.2, -0.15) is 11.8 Å². The van der Waals surface area contributed by atoms with Gasteiger partial charge >= 0.3 is 0 Å². The van der Waals surface area contributed by atoms with Gasteiger partial charge in [0.1, 0.15) is 0 Å². The first kappa shape index (κ1) is 10.4. The molecule has 0 aromatic carbocycles. The van der Waals surface area contributed by atoms with Crippen LogP contribution in [0.1, 0.15) is 32.1 Å². The van der Waals surface area contributed by atoms with Crippen LogP contribution in [0.2, 0.25) is 0 Å². The first-order valence-electron chi connectivity index (χ1n) is 6.49. The van der Waals surface area contributed by atoms with Crippen molar-refractivity contribution in [2.24, 2.45) is 0 Å². The van der Waals surface area contributed by atoms with Crippen molar-refractivity contribution in [2.75, 3.05) is 24.6 Å². The van der Waals surface area contributed by atoms with E-state index in [4.69, 9.17) is 0 Å². The van der Waals surface area contributed by atoms with E-state index in [0.717, 1.165) is 18.1 Å². The second kappa shape index (κ2) is 4.64. The minimum atomic E-state index is 0.810. The molecule has 3 heterocycles. The van der Waals surface area contributed by atoms with Crippen LogP contribution in [0.3, 0.4) is 0 Å². The molecule has 3 saturated heterocycles. The molecule has 0 saturated carbocycles. The average molecular weight is 226 g/mol. The summed E-state index contributed by atoms with van der Waals surface area (Å²) in [5.74, 6) is 2.78. The first-order valence-corrected chi connectivity index (χ1v) is 7.65. The molecule has 0 radical (unpaired) electrons. The lowest BCUT2D eigenvalue weighted by molar-refractivity contribution is 0.190. The van der Waals surface area contributed by atoms with E-state index in [0.29, 0.717) is 0 Å². The monoisotopic (exact) mass is 226 g/mol. The van der Waals surface area contributed by atoms with Gasteiger partial charge in [-0.1, -0.05) is 0 Å². The van der Waals surface area contributed by atoms with Crippen molar-refractivity contribution in [1.82, 2.24) is 10.2 Å². The van der Waals surface area contributed by atoms with E-state index < -0.39 is 0 Å². The Hall–Kier alpha value is 0.270. The smallest absolute Gasteiger partial charge is 0.0198 e. The Bertz CT molecular complexity index is 216. The minimum Gasteiger partial charge on any atom is -0.310 e.